The van der Waals surface area contributed by atoms with Gasteiger partial charge in [0.1, 0.15) is 23.0 Å². The average Bonchev–Trinajstić information content (AvgIpc) is 3.46. The molecular formula is C46H55NO12. The van der Waals surface area contributed by atoms with Gasteiger partial charge in [0.2, 0.25) is 12.2 Å². The fourth-order valence-corrected chi connectivity index (χ4v) is 6.81. The highest BCUT2D eigenvalue weighted by molar-refractivity contribution is 6.25. The van der Waals surface area contributed by atoms with Crippen LogP contribution in [0.2, 0.25) is 0 Å². The standard InChI is InChI=1S/C46H55NO12/c1-4-39(48)57-32-18-12-11-17-30-55-36-24-23-35-40-38(26-25-37(41(36)40)56-31-16-10-8-14-28-53-6-3)58-42-43(59-46(35)51)45(50)47(44(42)49)33-19-21-34(22-20-33)54-29-15-9-7-13-27-52-5-2/h4-6,19-26,42-43H,1-3,7-18,27-32H2. The number of unbranched alkanes of at least 4 members (excludes halogenated alkanes) is 9. The molecule has 316 valence electrons. The number of rotatable bonds is 28. The molecule has 0 aromatic heterocycles. The number of benzene rings is 3. The minimum atomic E-state index is -1.50. The molecule has 1 saturated heterocycles. The summed E-state index contributed by atoms with van der Waals surface area (Å²) in [4.78, 5) is 53.9. The van der Waals surface area contributed by atoms with Gasteiger partial charge in [-0.05, 0) is 126 Å². The number of imide groups is 1. The third kappa shape index (κ3) is 12.3. The molecule has 1 fully saturated rings. The summed E-state index contributed by atoms with van der Waals surface area (Å²) in [6.45, 7) is 13.4. The van der Waals surface area contributed by atoms with Crippen molar-refractivity contribution in [3.05, 3.63) is 92.4 Å². The van der Waals surface area contributed by atoms with Gasteiger partial charge in [0.25, 0.3) is 11.8 Å². The second-order valence-electron chi connectivity index (χ2n) is 14.0. The predicted molar refractivity (Wildman–Crippen MR) is 222 cm³/mol. The molecule has 2 aliphatic rings. The summed E-state index contributed by atoms with van der Waals surface area (Å²) in [7, 11) is 0. The van der Waals surface area contributed by atoms with Crippen molar-refractivity contribution in [2.24, 2.45) is 0 Å². The number of hydrogen-bond donors (Lipinski definition) is 0. The second kappa shape index (κ2) is 23.4. The van der Waals surface area contributed by atoms with E-state index in [0.29, 0.717) is 79.8 Å². The molecule has 5 rings (SSSR count). The minimum absolute atomic E-state index is 0.146. The first-order valence-electron chi connectivity index (χ1n) is 20.5. The van der Waals surface area contributed by atoms with E-state index in [-0.39, 0.29) is 11.3 Å². The average molecular weight is 814 g/mol. The molecule has 0 spiro atoms. The molecule has 0 radical (unpaired) electrons. The molecule has 13 nitrogen and oxygen atoms in total. The quantitative estimate of drug-likeness (QED) is 0.0228. The summed E-state index contributed by atoms with van der Waals surface area (Å²) < 4.78 is 46.0. The van der Waals surface area contributed by atoms with Gasteiger partial charge in [-0.2, -0.15) is 0 Å². The van der Waals surface area contributed by atoms with Crippen LogP contribution < -0.4 is 23.8 Å². The molecule has 2 amide bonds. The SMILES string of the molecule is C=COCCCCCCOc1ccc(N2C(=O)C3OC(=O)c4ccc(OCCCCCCOC(=O)C=C)c5c(OCCCCCCOC=C)ccc(c45)OC3C2=O)cc1. The van der Waals surface area contributed by atoms with Gasteiger partial charge in [0.05, 0.1) is 68.8 Å². The summed E-state index contributed by atoms with van der Waals surface area (Å²) >= 11 is 0. The summed E-state index contributed by atoms with van der Waals surface area (Å²) in [6.07, 6.45) is 11.6. The number of esters is 2. The topological polar surface area (TPSA) is 145 Å². The number of nitrogens with zero attached hydrogens (tertiary/aromatic N) is 1. The van der Waals surface area contributed by atoms with Crippen molar-refractivity contribution in [2.75, 3.05) is 44.5 Å². The Bertz CT molecular complexity index is 1910. The van der Waals surface area contributed by atoms with Gasteiger partial charge in [-0.1, -0.05) is 19.7 Å². The van der Waals surface area contributed by atoms with Gasteiger partial charge in [0.15, 0.2) is 0 Å². The summed E-state index contributed by atoms with van der Waals surface area (Å²) in [5.41, 5.74) is 0.446. The summed E-state index contributed by atoms with van der Waals surface area (Å²) in [5.74, 6) is -0.840. The van der Waals surface area contributed by atoms with Gasteiger partial charge in [-0.15, -0.1) is 0 Å². The first-order chi connectivity index (χ1) is 28.9. The van der Waals surface area contributed by atoms with E-state index in [1.807, 2.05) is 0 Å². The van der Waals surface area contributed by atoms with E-state index < -0.39 is 36.0 Å². The van der Waals surface area contributed by atoms with Crippen molar-refractivity contribution < 1.29 is 57.1 Å². The number of carbonyl (C=O) groups excluding carboxylic acids is 4. The smallest absolute Gasteiger partial charge is 0.339 e. The zero-order valence-corrected chi connectivity index (χ0v) is 33.7. The van der Waals surface area contributed by atoms with E-state index >= 15 is 0 Å². The Morgan fingerprint density at radius 3 is 1.64 bits per heavy atom. The summed E-state index contributed by atoms with van der Waals surface area (Å²) in [5, 5.41) is 0.858. The number of fused-ring (bicyclic) bond motifs is 1. The van der Waals surface area contributed by atoms with Crippen LogP contribution in [0.3, 0.4) is 0 Å². The van der Waals surface area contributed by atoms with E-state index in [4.69, 9.17) is 37.9 Å². The Morgan fingerprint density at radius 1 is 0.576 bits per heavy atom. The van der Waals surface area contributed by atoms with Gasteiger partial charge in [0, 0.05) is 11.5 Å². The highest BCUT2D eigenvalue weighted by atomic mass is 16.6. The van der Waals surface area contributed by atoms with Crippen LogP contribution in [0.4, 0.5) is 5.69 Å². The zero-order chi connectivity index (χ0) is 41.8. The molecule has 0 aliphatic carbocycles. The van der Waals surface area contributed by atoms with Crippen LogP contribution >= 0.6 is 0 Å². The van der Waals surface area contributed by atoms with Gasteiger partial charge >= 0.3 is 11.9 Å². The Hall–Kier alpha value is -5.98. The first-order valence-corrected chi connectivity index (χ1v) is 20.5. The monoisotopic (exact) mass is 813 g/mol. The Kier molecular flexibility index (Phi) is 17.5. The highest BCUT2D eigenvalue weighted by Crippen LogP contribution is 2.44. The van der Waals surface area contributed by atoms with Crippen molar-refractivity contribution in [1.29, 1.82) is 0 Å². The van der Waals surface area contributed by atoms with Crippen molar-refractivity contribution >= 4 is 40.2 Å². The fraction of sp³-hybridized carbons (Fsp3) is 0.435. The number of hydrogen-bond acceptors (Lipinski definition) is 12. The third-order valence-corrected chi connectivity index (χ3v) is 9.83. The Morgan fingerprint density at radius 2 is 1.08 bits per heavy atom. The lowest BCUT2D eigenvalue weighted by Crippen LogP contribution is -2.39. The molecule has 2 atom stereocenters. The maximum absolute atomic E-state index is 14.0. The molecule has 3 aromatic carbocycles. The molecule has 59 heavy (non-hydrogen) atoms. The highest BCUT2D eigenvalue weighted by Gasteiger charge is 2.54. The Labute approximate surface area is 345 Å². The Balaban J connectivity index is 1.30. The fourth-order valence-electron chi connectivity index (χ4n) is 6.81. The van der Waals surface area contributed by atoms with Crippen molar-refractivity contribution in [3.63, 3.8) is 0 Å². The zero-order valence-electron chi connectivity index (χ0n) is 33.7. The molecule has 2 aliphatic heterocycles. The van der Waals surface area contributed by atoms with Crippen LogP contribution in [0.5, 0.6) is 23.0 Å². The van der Waals surface area contributed by atoms with Crippen LogP contribution in [-0.2, 0) is 33.3 Å². The van der Waals surface area contributed by atoms with Crippen LogP contribution in [0.1, 0.15) is 87.4 Å². The number of ether oxygens (including phenoxy) is 8. The van der Waals surface area contributed by atoms with E-state index in [2.05, 4.69) is 19.7 Å². The first kappa shape index (κ1) is 44.1. The van der Waals surface area contributed by atoms with Gasteiger partial charge in [-0.3, -0.25) is 9.59 Å². The number of anilines is 1. The van der Waals surface area contributed by atoms with Crippen LogP contribution in [0, 0.1) is 0 Å². The second-order valence-corrected chi connectivity index (χ2v) is 14.0. The molecule has 0 saturated carbocycles. The van der Waals surface area contributed by atoms with Crippen molar-refractivity contribution in [1.82, 2.24) is 0 Å². The third-order valence-electron chi connectivity index (χ3n) is 9.83. The molecule has 0 bridgehead atoms. The van der Waals surface area contributed by atoms with Gasteiger partial charge in [-0.25, -0.2) is 14.5 Å². The van der Waals surface area contributed by atoms with E-state index in [9.17, 15) is 19.2 Å². The van der Waals surface area contributed by atoms with Crippen molar-refractivity contribution in [3.8, 4) is 23.0 Å². The molecule has 3 aromatic rings. The number of amides is 2. The molecule has 13 heteroatoms. The van der Waals surface area contributed by atoms with E-state index in [1.165, 1.54) is 12.5 Å². The van der Waals surface area contributed by atoms with Crippen LogP contribution in [0.25, 0.3) is 10.8 Å². The van der Waals surface area contributed by atoms with Crippen LogP contribution in [0.15, 0.2) is 86.9 Å². The molecule has 2 unspecified atom stereocenters. The molecule has 2 heterocycles. The van der Waals surface area contributed by atoms with Crippen LogP contribution in [-0.4, -0.2) is 75.6 Å². The van der Waals surface area contributed by atoms with E-state index in [0.717, 1.165) is 81.6 Å². The lowest BCUT2D eigenvalue weighted by Gasteiger charge is -2.24. The minimum Gasteiger partial charge on any atom is -0.502 e. The largest absolute Gasteiger partial charge is 0.502 e. The van der Waals surface area contributed by atoms with Gasteiger partial charge < -0.3 is 37.9 Å². The lowest BCUT2D eigenvalue weighted by molar-refractivity contribution is -0.137. The lowest BCUT2D eigenvalue weighted by atomic mass is 10.0. The maximum atomic E-state index is 14.0. The predicted octanol–water partition coefficient (Wildman–Crippen LogP) is 8.57. The molecule has 0 N–H and O–H groups in total. The normalized spacial score (nSPS) is 15.6. The molecular weight excluding hydrogens is 759 g/mol. The summed E-state index contributed by atoms with van der Waals surface area (Å²) in [6, 6.07) is 13.3. The number of carbonyl (C=O) groups is 4. The van der Waals surface area contributed by atoms with E-state index in [1.54, 1.807) is 48.5 Å². The van der Waals surface area contributed by atoms with Crippen molar-refractivity contribution in [2.45, 2.75) is 89.3 Å². The maximum Gasteiger partial charge on any atom is 0.339 e.